The smallest absolute Gasteiger partial charge is 0.333 e. The number of carbonyl (C=O) groups is 3. The zero-order chi connectivity index (χ0) is 26.2. The van der Waals surface area contributed by atoms with Crippen molar-refractivity contribution in [3.63, 3.8) is 0 Å². The van der Waals surface area contributed by atoms with E-state index in [1.807, 2.05) is 11.0 Å². The minimum absolute atomic E-state index is 0.0205. The molecule has 0 unspecified atom stereocenters. The third kappa shape index (κ3) is 4.39. The zero-order valence-corrected chi connectivity index (χ0v) is 20.8. The van der Waals surface area contributed by atoms with Crippen LogP contribution in [0.5, 0.6) is 0 Å². The Labute approximate surface area is 219 Å². The number of amides is 3. The van der Waals surface area contributed by atoms with Gasteiger partial charge in [-0.2, -0.15) is 5.10 Å². The highest BCUT2D eigenvalue weighted by Crippen LogP contribution is 2.43. The summed E-state index contributed by atoms with van der Waals surface area (Å²) in [5, 5.41) is 12.2. The summed E-state index contributed by atoms with van der Waals surface area (Å²) in [7, 11) is 0. The van der Waals surface area contributed by atoms with Gasteiger partial charge in [-0.05, 0) is 43.2 Å². The summed E-state index contributed by atoms with van der Waals surface area (Å²) >= 11 is 0. The molecule has 3 amide bonds. The van der Waals surface area contributed by atoms with E-state index in [0.717, 1.165) is 5.69 Å². The van der Waals surface area contributed by atoms with Gasteiger partial charge in [-0.3, -0.25) is 20.1 Å². The number of H-pyrrole nitrogens is 1. The van der Waals surface area contributed by atoms with Gasteiger partial charge in [0.2, 0.25) is 0 Å². The van der Waals surface area contributed by atoms with E-state index >= 15 is 0 Å². The lowest BCUT2D eigenvalue weighted by Gasteiger charge is -2.32. The molecule has 2 aromatic carbocycles. The van der Waals surface area contributed by atoms with Crippen LogP contribution in [0.25, 0.3) is 11.3 Å². The number of nitrogens with one attached hydrogen (secondary N) is 3. The topological polar surface area (TPSA) is 146 Å². The minimum Gasteiger partial charge on any atom is -0.399 e. The van der Waals surface area contributed by atoms with Crippen molar-refractivity contribution in [2.24, 2.45) is 0 Å². The van der Waals surface area contributed by atoms with Crippen LogP contribution in [-0.4, -0.2) is 77.2 Å². The van der Waals surface area contributed by atoms with Crippen LogP contribution < -0.4 is 16.5 Å². The number of urea groups is 1. The SMILES string of the molecule is Nc1ccc(C(=O)N2CCC(c3[nH]nc4c3C(=O)c3c(NC(=O)NN5CCOCC5)cccc3-4)CC2)cc1. The molecule has 0 atom stereocenters. The molecular weight excluding hydrogens is 486 g/mol. The Hall–Kier alpha value is -4.22. The van der Waals surface area contributed by atoms with Crippen LogP contribution in [0.2, 0.25) is 0 Å². The Bertz CT molecular complexity index is 1390. The van der Waals surface area contributed by atoms with Gasteiger partial charge in [0.25, 0.3) is 5.91 Å². The van der Waals surface area contributed by atoms with Crippen LogP contribution in [0.15, 0.2) is 42.5 Å². The number of ether oxygens (including phenoxy) is 1. The summed E-state index contributed by atoms with van der Waals surface area (Å²) in [5.41, 5.74) is 13.4. The van der Waals surface area contributed by atoms with Crippen molar-refractivity contribution in [2.75, 3.05) is 50.4 Å². The van der Waals surface area contributed by atoms with Gasteiger partial charge in [0.15, 0.2) is 5.78 Å². The van der Waals surface area contributed by atoms with E-state index in [0.29, 0.717) is 91.6 Å². The van der Waals surface area contributed by atoms with Gasteiger partial charge >= 0.3 is 6.03 Å². The van der Waals surface area contributed by atoms with Gasteiger partial charge in [0.05, 0.1) is 35.7 Å². The van der Waals surface area contributed by atoms with E-state index in [9.17, 15) is 14.4 Å². The Morgan fingerprint density at radius 1 is 1.00 bits per heavy atom. The quantitative estimate of drug-likeness (QED) is 0.306. The minimum atomic E-state index is -0.405. The van der Waals surface area contributed by atoms with E-state index in [2.05, 4.69) is 20.9 Å². The molecule has 0 spiro atoms. The number of nitrogens with two attached hydrogens (primary N) is 1. The number of morpholine rings is 1. The fourth-order valence-corrected chi connectivity index (χ4v) is 5.45. The normalized spacial score (nSPS) is 17.7. The lowest BCUT2D eigenvalue weighted by Crippen LogP contribution is -2.49. The molecule has 11 heteroatoms. The summed E-state index contributed by atoms with van der Waals surface area (Å²) < 4.78 is 5.31. The maximum absolute atomic E-state index is 13.7. The number of hydrogen-bond acceptors (Lipinski definition) is 7. The van der Waals surface area contributed by atoms with Crippen molar-refractivity contribution in [1.82, 2.24) is 25.5 Å². The number of aromatic nitrogens is 2. The summed E-state index contributed by atoms with van der Waals surface area (Å²) in [6.45, 7) is 3.47. The van der Waals surface area contributed by atoms with Gasteiger partial charge in [0, 0.05) is 48.9 Å². The van der Waals surface area contributed by atoms with E-state index in [4.69, 9.17) is 10.5 Å². The molecule has 11 nitrogen and oxygen atoms in total. The number of aromatic amines is 1. The maximum Gasteiger partial charge on any atom is 0.333 e. The van der Waals surface area contributed by atoms with Crippen LogP contribution in [0.1, 0.15) is 50.7 Å². The Morgan fingerprint density at radius 2 is 1.74 bits per heavy atom. The number of benzene rings is 2. The van der Waals surface area contributed by atoms with Gasteiger partial charge < -0.3 is 20.7 Å². The lowest BCUT2D eigenvalue weighted by molar-refractivity contribution is 0.0207. The summed E-state index contributed by atoms with van der Waals surface area (Å²) in [4.78, 5) is 41.0. The molecule has 1 aliphatic carbocycles. The molecule has 38 heavy (non-hydrogen) atoms. The van der Waals surface area contributed by atoms with Gasteiger partial charge in [0.1, 0.15) is 5.69 Å². The summed E-state index contributed by atoms with van der Waals surface area (Å²) in [5.74, 6) is -0.102. The first kappa shape index (κ1) is 24.1. The number of ketones is 1. The average Bonchev–Trinajstić information content (AvgIpc) is 3.49. The lowest BCUT2D eigenvalue weighted by atomic mass is 9.90. The molecule has 196 valence electrons. The molecule has 0 saturated carbocycles. The molecule has 6 rings (SSSR count). The average molecular weight is 516 g/mol. The number of hydrogen-bond donors (Lipinski definition) is 4. The molecule has 3 aliphatic rings. The molecule has 0 radical (unpaired) electrons. The molecule has 5 N–H and O–H groups in total. The molecule has 3 aromatic rings. The number of nitrogen functional groups attached to an aromatic ring is 1. The van der Waals surface area contributed by atoms with Crippen LogP contribution in [0.3, 0.4) is 0 Å². The highest BCUT2D eigenvalue weighted by Gasteiger charge is 2.38. The highest BCUT2D eigenvalue weighted by atomic mass is 16.5. The molecule has 2 saturated heterocycles. The molecule has 0 bridgehead atoms. The predicted octanol–water partition coefficient (Wildman–Crippen LogP) is 2.59. The monoisotopic (exact) mass is 515 g/mol. The highest BCUT2D eigenvalue weighted by molar-refractivity contribution is 6.25. The maximum atomic E-state index is 13.7. The van der Waals surface area contributed by atoms with E-state index in [1.54, 1.807) is 41.4 Å². The van der Waals surface area contributed by atoms with Crippen molar-refractivity contribution >= 4 is 29.1 Å². The summed E-state index contributed by atoms with van der Waals surface area (Å²) in [6, 6.07) is 11.9. The first-order valence-electron chi connectivity index (χ1n) is 12.8. The Morgan fingerprint density at radius 3 is 2.47 bits per heavy atom. The molecule has 2 aliphatic heterocycles. The fraction of sp³-hybridized carbons (Fsp3) is 0.333. The van der Waals surface area contributed by atoms with Crippen molar-refractivity contribution in [1.29, 1.82) is 0 Å². The van der Waals surface area contributed by atoms with Crippen LogP contribution in [0, 0.1) is 0 Å². The molecular formula is C27H29N7O4. The van der Waals surface area contributed by atoms with Gasteiger partial charge in [-0.15, -0.1) is 0 Å². The first-order valence-corrected chi connectivity index (χ1v) is 12.8. The van der Waals surface area contributed by atoms with Crippen LogP contribution in [-0.2, 0) is 4.74 Å². The van der Waals surface area contributed by atoms with Crippen molar-refractivity contribution < 1.29 is 19.1 Å². The second-order valence-corrected chi connectivity index (χ2v) is 9.77. The number of carbonyl (C=O) groups excluding carboxylic acids is 3. The van der Waals surface area contributed by atoms with E-state index < -0.39 is 6.03 Å². The van der Waals surface area contributed by atoms with Crippen molar-refractivity contribution in [3.8, 4) is 11.3 Å². The number of anilines is 2. The molecule has 2 fully saturated rings. The molecule has 3 heterocycles. The van der Waals surface area contributed by atoms with E-state index in [-0.39, 0.29) is 17.6 Å². The van der Waals surface area contributed by atoms with Gasteiger partial charge in [-0.1, -0.05) is 12.1 Å². The first-order chi connectivity index (χ1) is 18.5. The largest absolute Gasteiger partial charge is 0.399 e. The molecule has 1 aromatic heterocycles. The zero-order valence-electron chi connectivity index (χ0n) is 20.8. The third-order valence-electron chi connectivity index (χ3n) is 7.43. The number of piperidine rings is 1. The number of hydrazine groups is 1. The van der Waals surface area contributed by atoms with Crippen LogP contribution in [0.4, 0.5) is 16.2 Å². The number of nitrogens with zero attached hydrogens (tertiary/aromatic N) is 3. The third-order valence-corrected chi connectivity index (χ3v) is 7.43. The summed E-state index contributed by atoms with van der Waals surface area (Å²) in [6.07, 6.45) is 1.43. The second-order valence-electron chi connectivity index (χ2n) is 9.77. The standard InChI is InChI=1S/C27H29N7O4/c28-18-6-4-17(5-7-18)26(36)33-10-8-16(9-11-33)23-22-24(31-30-23)19-2-1-3-20(21(19)25(22)35)29-27(37)32-34-12-14-38-15-13-34/h1-7,16H,8-15,28H2,(H,30,31)(H2,29,32,37). The van der Waals surface area contributed by atoms with Crippen molar-refractivity contribution in [3.05, 3.63) is 64.8 Å². The number of rotatable bonds is 4. The van der Waals surface area contributed by atoms with Crippen LogP contribution >= 0.6 is 0 Å². The predicted molar refractivity (Wildman–Crippen MR) is 141 cm³/mol. The van der Waals surface area contributed by atoms with E-state index in [1.165, 1.54) is 0 Å². The number of likely N-dealkylation sites (tertiary alicyclic amines) is 1. The number of fused-ring (bicyclic) bond motifs is 3. The Balaban J connectivity index is 1.16. The Kier molecular flexibility index (Phi) is 6.30. The van der Waals surface area contributed by atoms with Crippen molar-refractivity contribution in [2.45, 2.75) is 18.8 Å². The van der Waals surface area contributed by atoms with Gasteiger partial charge in [-0.25, -0.2) is 9.80 Å². The second kappa shape index (κ2) is 9.92. The fourth-order valence-electron chi connectivity index (χ4n) is 5.45.